The lowest BCUT2D eigenvalue weighted by molar-refractivity contribution is -0.189. The highest BCUT2D eigenvalue weighted by molar-refractivity contribution is 7.70. The molecule has 5 rings (SSSR count). The average molecular weight is 659 g/mol. The van der Waals surface area contributed by atoms with Crippen molar-refractivity contribution < 1.29 is 40.4 Å². The van der Waals surface area contributed by atoms with Crippen LogP contribution in [-0.2, 0) is 15.8 Å². The molecule has 2 atom stereocenters. The number of thiophene rings is 1. The molecule has 0 bridgehead atoms. The largest absolute Gasteiger partial charge is 0.482 e. The maximum atomic E-state index is 14.7. The predicted octanol–water partition coefficient (Wildman–Crippen LogP) is 6.10. The fourth-order valence-corrected chi connectivity index (χ4v) is 7.49. The number of piperidine rings is 1. The fraction of sp³-hybridized carbons (Fsp3) is 0.414. The predicted molar refractivity (Wildman–Crippen MR) is 161 cm³/mol. The number of likely N-dealkylation sites (tertiary alicyclic amines) is 1. The Bertz CT molecular complexity index is 1710. The molecule has 15 heteroatoms. The Hall–Kier alpha value is -3.40. The van der Waals surface area contributed by atoms with Gasteiger partial charge in [-0.3, -0.25) is 4.79 Å². The van der Waals surface area contributed by atoms with Gasteiger partial charge in [-0.15, -0.1) is 11.3 Å². The lowest BCUT2D eigenvalue weighted by Gasteiger charge is -2.33. The van der Waals surface area contributed by atoms with Crippen LogP contribution in [-0.4, -0.2) is 75.3 Å². The highest BCUT2D eigenvalue weighted by Crippen LogP contribution is 2.47. The summed E-state index contributed by atoms with van der Waals surface area (Å²) in [7, 11) is -1.19. The molecule has 7 nitrogen and oxygen atoms in total. The maximum Gasteiger partial charge on any atom is 0.482 e. The number of carbonyl (C=O) groups excluding carboxylic acids is 1. The zero-order chi connectivity index (χ0) is 32.0. The summed E-state index contributed by atoms with van der Waals surface area (Å²) in [6.45, 7) is 3.56. The van der Waals surface area contributed by atoms with Crippen molar-refractivity contribution >= 4 is 56.8 Å². The Kier molecular flexibility index (Phi) is 8.61. The summed E-state index contributed by atoms with van der Waals surface area (Å²) < 4.78 is 102. The molecular formula is C29H29F6N4O3PS. The molecule has 3 heterocycles. The topological polar surface area (TPSA) is 82.7 Å². The van der Waals surface area contributed by atoms with E-state index in [-0.39, 0.29) is 40.2 Å². The van der Waals surface area contributed by atoms with E-state index in [1.54, 1.807) is 18.2 Å². The lowest BCUT2D eigenvalue weighted by atomic mass is 10.0. The molecule has 44 heavy (non-hydrogen) atoms. The van der Waals surface area contributed by atoms with Crippen molar-refractivity contribution in [1.82, 2.24) is 4.90 Å². The zero-order valence-corrected chi connectivity index (χ0v) is 25.6. The van der Waals surface area contributed by atoms with Crippen LogP contribution in [0.2, 0.25) is 0 Å². The van der Waals surface area contributed by atoms with Gasteiger partial charge < -0.3 is 30.2 Å². The first-order valence-corrected chi connectivity index (χ1v) is 17.0. The summed E-state index contributed by atoms with van der Waals surface area (Å²) in [6.07, 6.45) is -10.5. The Labute approximate surface area is 253 Å². The number of nitrogens with one attached hydrogen (secondary N) is 3. The molecule has 0 saturated carbocycles. The molecule has 1 saturated heterocycles. The molecule has 3 N–H and O–H groups in total. The number of hydrogen-bond acceptors (Lipinski definition) is 7. The van der Waals surface area contributed by atoms with Crippen LogP contribution >= 0.6 is 18.5 Å². The van der Waals surface area contributed by atoms with Crippen LogP contribution in [0.3, 0.4) is 0 Å². The summed E-state index contributed by atoms with van der Waals surface area (Å²) in [4.78, 5) is 13.9. The number of carbonyl (C=O) groups is 1. The van der Waals surface area contributed by atoms with Crippen molar-refractivity contribution in [2.45, 2.75) is 37.3 Å². The van der Waals surface area contributed by atoms with Gasteiger partial charge in [-0.1, -0.05) is 24.0 Å². The van der Waals surface area contributed by atoms with Gasteiger partial charge in [0.15, 0.2) is 5.75 Å². The van der Waals surface area contributed by atoms with E-state index in [4.69, 9.17) is 0 Å². The minimum atomic E-state index is -4.52. The van der Waals surface area contributed by atoms with E-state index in [9.17, 15) is 35.7 Å². The van der Waals surface area contributed by atoms with Crippen LogP contribution in [0.5, 0.6) is 5.75 Å². The molecule has 0 aliphatic carbocycles. The van der Waals surface area contributed by atoms with Crippen molar-refractivity contribution in [2.75, 3.05) is 56.0 Å². The second kappa shape index (κ2) is 11.8. The van der Waals surface area contributed by atoms with Gasteiger partial charge in [-0.05, 0) is 55.9 Å². The second-order valence-electron chi connectivity index (χ2n) is 11.1. The van der Waals surface area contributed by atoms with E-state index in [0.29, 0.717) is 28.7 Å². The first kappa shape index (κ1) is 32.0. The van der Waals surface area contributed by atoms with E-state index in [1.165, 1.54) is 25.5 Å². The number of nitrogens with zero attached hydrogens (tertiary/aromatic N) is 1. The number of hydrogen-bond donors (Lipinski definition) is 3. The number of fused-ring (bicyclic) bond motifs is 2. The first-order valence-electron chi connectivity index (χ1n) is 13.6. The molecule has 3 aromatic rings. The summed E-state index contributed by atoms with van der Waals surface area (Å²) >= 11 is 1.06. The fourth-order valence-electron chi connectivity index (χ4n) is 5.19. The van der Waals surface area contributed by atoms with Crippen molar-refractivity contribution in [1.29, 1.82) is 0 Å². The summed E-state index contributed by atoms with van der Waals surface area (Å²) in [5.74, 6) is 3.39. The molecule has 2 aliphatic rings. The van der Waals surface area contributed by atoms with Gasteiger partial charge in [0.25, 0.3) is 0 Å². The van der Waals surface area contributed by atoms with Crippen LogP contribution < -0.4 is 26.0 Å². The minimum absolute atomic E-state index is 0.0112. The number of ether oxygens (including phenoxy) is 1. The van der Waals surface area contributed by atoms with Crippen LogP contribution in [0.4, 0.5) is 43.4 Å². The number of anilines is 3. The van der Waals surface area contributed by atoms with Crippen LogP contribution in [0.25, 0.3) is 10.1 Å². The average Bonchev–Trinajstić information content (AvgIpc) is 3.24. The van der Waals surface area contributed by atoms with Crippen LogP contribution in [0, 0.1) is 11.8 Å². The molecule has 1 fully saturated rings. The molecule has 0 spiro atoms. The molecule has 2 unspecified atom stereocenters. The number of rotatable bonds is 6. The zero-order valence-electron chi connectivity index (χ0n) is 23.9. The second-order valence-corrected chi connectivity index (χ2v) is 15.3. The highest BCUT2D eigenvalue weighted by Gasteiger charge is 2.48. The van der Waals surface area contributed by atoms with Gasteiger partial charge in [0.05, 0.1) is 45.6 Å². The maximum absolute atomic E-state index is 14.7. The smallest absolute Gasteiger partial charge is 0.421 e. The molecule has 1 aromatic heterocycles. The molecule has 2 aliphatic heterocycles. The van der Waals surface area contributed by atoms with Gasteiger partial charge >= 0.3 is 18.2 Å². The third-order valence-electron chi connectivity index (χ3n) is 7.30. The van der Waals surface area contributed by atoms with Gasteiger partial charge in [0.2, 0.25) is 0 Å². The molecule has 1 amide bonds. The third kappa shape index (κ3) is 6.80. The van der Waals surface area contributed by atoms with Crippen molar-refractivity contribution in [3.05, 3.63) is 40.8 Å². The van der Waals surface area contributed by atoms with Crippen molar-refractivity contribution in [3.63, 3.8) is 0 Å². The summed E-state index contributed by atoms with van der Waals surface area (Å²) in [6, 6.07) is 7.17. The van der Waals surface area contributed by atoms with Crippen LogP contribution in [0.1, 0.15) is 16.9 Å². The monoisotopic (exact) mass is 658 g/mol. The molecule has 0 radical (unpaired) electrons. The molecule has 2 aromatic carbocycles. The number of halogens is 6. The minimum Gasteiger partial charge on any atom is -0.421 e. The van der Waals surface area contributed by atoms with E-state index in [1.807, 2.05) is 11.9 Å². The standard InChI is InChI=1S/C29H29F6N4O3PS/c1-39-13-11-19(18(30)15-39)37-21-7-4-6-16-17(14-28(31,32)33)23(44-26(16)21)8-5-12-36-20-9-10-22(43(2,3)41)24-25(20)42-29(34,35)27(40)38-24/h4,6-7,9-10,18-19,36-37H,11-15H2,1-3H3,(H,38,40). The Morgan fingerprint density at radius 2 is 1.95 bits per heavy atom. The van der Waals surface area contributed by atoms with Gasteiger partial charge in [-0.25, -0.2) is 4.39 Å². The SMILES string of the molecule is CN1CCC(Nc2cccc3c(CC(F)(F)F)c(C#CCNc4ccc(P(C)(C)=O)c5c4OC(F)(F)C(=O)N5)sc23)C(F)C1. The highest BCUT2D eigenvalue weighted by atomic mass is 32.1. The van der Waals surface area contributed by atoms with Crippen molar-refractivity contribution in [3.8, 4) is 17.6 Å². The van der Waals surface area contributed by atoms with Gasteiger partial charge in [-0.2, -0.15) is 22.0 Å². The lowest BCUT2D eigenvalue weighted by Crippen LogP contribution is -2.46. The van der Waals surface area contributed by atoms with Gasteiger partial charge in [0, 0.05) is 18.4 Å². The normalized spacial score (nSPS) is 20.2. The third-order valence-corrected chi connectivity index (χ3v) is 10.0. The molecular weight excluding hydrogens is 629 g/mol. The van der Waals surface area contributed by atoms with E-state index < -0.39 is 49.7 Å². The first-order chi connectivity index (χ1) is 20.5. The number of benzene rings is 2. The van der Waals surface area contributed by atoms with E-state index in [2.05, 4.69) is 32.5 Å². The number of alkyl halides is 6. The quantitative estimate of drug-likeness (QED) is 0.169. The number of amides is 1. The molecule has 236 valence electrons. The van der Waals surface area contributed by atoms with Crippen molar-refractivity contribution in [2.24, 2.45) is 0 Å². The van der Waals surface area contributed by atoms with E-state index >= 15 is 0 Å². The van der Waals surface area contributed by atoms with Gasteiger partial charge in [0.1, 0.15) is 13.3 Å². The Morgan fingerprint density at radius 3 is 2.64 bits per heavy atom. The summed E-state index contributed by atoms with van der Waals surface area (Å²) in [5, 5.41) is 8.55. The Morgan fingerprint density at radius 1 is 1.20 bits per heavy atom. The van der Waals surface area contributed by atoms with E-state index in [0.717, 1.165) is 11.3 Å². The van der Waals surface area contributed by atoms with Crippen LogP contribution in [0.15, 0.2) is 30.3 Å². The Balaban J connectivity index is 1.44. The summed E-state index contributed by atoms with van der Waals surface area (Å²) in [5.41, 5.74) is 0.380.